The van der Waals surface area contributed by atoms with Gasteiger partial charge in [0.15, 0.2) is 0 Å². The van der Waals surface area contributed by atoms with Gasteiger partial charge in [-0.25, -0.2) is 9.24 Å². The minimum atomic E-state index is -0.768. The molecule has 0 saturated heterocycles. The van der Waals surface area contributed by atoms with E-state index in [2.05, 4.69) is 29.1 Å². The van der Waals surface area contributed by atoms with E-state index in [1.54, 1.807) is 12.1 Å². The molecule has 0 heterocycles. The fourth-order valence-electron chi connectivity index (χ4n) is 4.27. The van der Waals surface area contributed by atoms with Gasteiger partial charge in [-0.15, -0.1) is 0 Å². The zero-order valence-corrected chi connectivity index (χ0v) is 16.4. The second kappa shape index (κ2) is 7.41. The van der Waals surface area contributed by atoms with E-state index in [4.69, 9.17) is 6.57 Å². The molecule has 0 fully saturated rings. The van der Waals surface area contributed by atoms with Crippen molar-refractivity contribution in [3.05, 3.63) is 114 Å². The monoisotopic (exact) mass is 398 g/mol. The lowest BCUT2D eigenvalue weighted by Crippen LogP contribution is -1.92. The second-order valence-electron chi connectivity index (χ2n) is 7.29. The van der Waals surface area contributed by atoms with E-state index in [-0.39, 0.29) is 11.3 Å². The minimum absolute atomic E-state index is 0.121. The van der Waals surface area contributed by atoms with Crippen LogP contribution in [0.5, 0.6) is 0 Å². The number of rotatable bonds is 2. The standard InChI is InChI=1S/C28H15FN2/c1-31-25-16-19(15-20(17-30)28(25)29)27-23-13-7-5-11-21(23)26(18-9-3-2-4-10-18)22-12-6-8-14-24(22)27/h2-16H. The number of hydrogen-bond donors (Lipinski definition) is 0. The summed E-state index contributed by atoms with van der Waals surface area (Å²) in [6.45, 7) is 7.36. The highest BCUT2D eigenvalue weighted by molar-refractivity contribution is 6.21. The summed E-state index contributed by atoms with van der Waals surface area (Å²) in [5, 5.41) is 13.5. The van der Waals surface area contributed by atoms with Crippen molar-refractivity contribution in [1.29, 1.82) is 5.26 Å². The Morgan fingerprint density at radius 2 is 1.16 bits per heavy atom. The van der Waals surface area contributed by atoms with Crippen molar-refractivity contribution >= 4 is 27.2 Å². The van der Waals surface area contributed by atoms with E-state index < -0.39 is 5.82 Å². The number of halogens is 1. The zero-order valence-electron chi connectivity index (χ0n) is 16.4. The molecule has 0 aliphatic carbocycles. The van der Waals surface area contributed by atoms with Crippen molar-refractivity contribution in [2.24, 2.45) is 0 Å². The van der Waals surface area contributed by atoms with Crippen LogP contribution in [-0.4, -0.2) is 0 Å². The molecule has 31 heavy (non-hydrogen) atoms. The van der Waals surface area contributed by atoms with E-state index in [1.807, 2.05) is 60.7 Å². The molecule has 0 radical (unpaired) electrons. The van der Waals surface area contributed by atoms with E-state index in [0.29, 0.717) is 5.56 Å². The first kappa shape index (κ1) is 18.6. The fourth-order valence-corrected chi connectivity index (χ4v) is 4.27. The SMILES string of the molecule is [C-]#[N+]c1cc(-c2c3ccccc3c(-c3ccccc3)c3ccccc23)cc(C#N)c1F. The highest BCUT2D eigenvalue weighted by Crippen LogP contribution is 2.44. The van der Waals surface area contributed by atoms with E-state index in [9.17, 15) is 9.65 Å². The summed E-state index contributed by atoms with van der Waals surface area (Å²) < 4.78 is 14.4. The Balaban J connectivity index is 1.99. The summed E-state index contributed by atoms with van der Waals surface area (Å²) in [4.78, 5) is 3.31. The Kier molecular flexibility index (Phi) is 4.43. The molecular formula is C28H15FN2. The van der Waals surface area contributed by atoms with Crippen LogP contribution in [0.4, 0.5) is 10.1 Å². The first-order valence-corrected chi connectivity index (χ1v) is 9.83. The highest BCUT2D eigenvalue weighted by atomic mass is 19.1. The van der Waals surface area contributed by atoms with E-state index in [1.165, 1.54) is 0 Å². The van der Waals surface area contributed by atoms with Gasteiger partial charge in [0.25, 0.3) is 0 Å². The van der Waals surface area contributed by atoms with Crippen LogP contribution in [0.2, 0.25) is 0 Å². The molecule has 5 aromatic carbocycles. The number of hydrogen-bond acceptors (Lipinski definition) is 1. The van der Waals surface area contributed by atoms with Gasteiger partial charge in [0, 0.05) is 0 Å². The first-order chi connectivity index (χ1) is 15.2. The molecule has 0 aromatic heterocycles. The molecule has 2 nitrogen and oxygen atoms in total. The summed E-state index contributed by atoms with van der Waals surface area (Å²) in [6, 6.07) is 31.4. The number of nitriles is 1. The van der Waals surface area contributed by atoms with Crippen molar-refractivity contribution < 1.29 is 4.39 Å². The van der Waals surface area contributed by atoms with Gasteiger partial charge in [-0.2, -0.15) is 5.26 Å². The molecule has 0 aliphatic heterocycles. The molecular weight excluding hydrogens is 383 g/mol. The maximum Gasteiger partial charge on any atom is 0.224 e. The van der Waals surface area contributed by atoms with Gasteiger partial charge in [0.1, 0.15) is 11.9 Å². The molecule has 0 N–H and O–H groups in total. The quantitative estimate of drug-likeness (QED) is 0.219. The minimum Gasteiger partial charge on any atom is -0.235 e. The molecule has 0 aliphatic rings. The maximum atomic E-state index is 14.4. The Labute approximate surface area is 179 Å². The summed E-state index contributed by atoms with van der Waals surface area (Å²) >= 11 is 0. The molecule has 0 saturated carbocycles. The third-order valence-electron chi connectivity index (χ3n) is 5.58. The van der Waals surface area contributed by atoms with Crippen LogP contribution in [0, 0.1) is 23.7 Å². The Hall–Kier alpha value is -4.47. The van der Waals surface area contributed by atoms with Crippen LogP contribution >= 0.6 is 0 Å². The summed E-state index contributed by atoms with van der Waals surface area (Å²) in [6.07, 6.45) is 0. The zero-order chi connectivity index (χ0) is 21.4. The van der Waals surface area contributed by atoms with Crippen molar-refractivity contribution in [3.63, 3.8) is 0 Å². The highest BCUT2D eigenvalue weighted by Gasteiger charge is 2.18. The van der Waals surface area contributed by atoms with Crippen molar-refractivity contribution in [2.75, 3.05) is 0 Å². The molecule has 0 spiro atoms. The summed E-state index contributed by atoms with van der Waals surface area (Å²) in [5.74, 6) is -0.768. The predicted octanol–water partition coefficient (Wildman–Crippen LogP) is 7.89. The lowest BCUT2D eigenvalue weighted by Gasteiger charge is -2.18. The predicted molar refractivity (Wildman–Crippen MR) is 123 cm³/mol. The first-order valence-electron chi connectivity index (χ1n) is 9.83. The largest absolute Gasteiger partial charge is 0.235 e. The Morgan fingerprint density at radius 1 is 0.677 bits per heavy atom. The maximum absolute atomic E-state index is 14.4. The summed E-state index contributed by atoms with van der Waals surface area (Å²) in [7, 11) is 0. The Morgan fingerprint density at radius 3 is 1.65 bits per heavy atom. The van der Waals surface area contributed by atoms with Crippen LogP contribution < -0.4 is 0 Å². The molecule has 3 heteroatoms. The van der Waals surface area contributed by atoms with Crippen molar-refractivity contribution in [1.82, 2.24) is 0 Å². The third-order valence-corrected chi connectivity index (χ3v) is 5.58. The molecule has 0 atom stereocenters. The molecule has 144 valence electrons. The Bertz CT molecular complexity index is 1460. The van der Waals surface area contributed by atoms with Gasteiger partial charge >= 0.3 is 0 Å². The van der Waals surface area contributed by atoms with Gasteiger partial charge in [-0.05, 0) is 55.9 Å². The van der Waals surface area contributed by atoms with Crippen LogP contribution in [0.25, 0.3) is 48.6 Å². The van der Waals surface area contributed by atoms with Crippen molar-refractivity contribution in [3.8, 4) is 28.3 Å². The van der Waals surface area contributed by atoms with Crippen LogP contribution in [0.3, 0.4) is 0 Å². The second-order valence-corrected chi connectivity index (χ2v) is 7.29. The topological polar surface area (TPSA) is 28.1 Å². The van der Waals surface area contributed by atoms with Gasteiger partial charge in [-0.1, -0.05) is 78.9 Å². The van der Waals surface area contributed by atoms with Gasteiger partial charge in [-0.3, -0.25) is 0 Å². The summed E-state index contributed by atoms with van der Waals surface area (Å²) in [5.41, 5.74) is 3.53. The van der Waals surface area contributed by atoms with E-state index in [0.717, 1.165) is 38.2 Å². The van der Waals surface area contributed by atoms with Crippen LogP contribution in [0.15, 0.2) is 91.0 Å². The molecule has 0 bridgehead atoms. The smallest absolute Gasteiger partial charge is 0.224 e. The van der Waals surface area contributed by atoms with Crippen LogP contribution in [0.1, 0.15) is 5.56 Å². The average Bonchev–Trinajstić information content (AvgIpc) is 2.83. The number of nitrogens with zero attached hydrogens (tertiary/aromatic N) is 2. The van der Waals surface area contributed by atoms with Crippen molar-refractivity contribution in [2.45, 2.75) is 0 Å². The normalized spacial score (nSPS) is 10.7. The van der Waals surface area contributed by atoms with E-state index >= 15 is 0 Å². The molecule has 0 amide bonds. The lowest BCUT2D eigenvalue weighted by molar-refractivity contribution is 0.630. The van der Waals surface area contributed by atoms with Gasteiger partial charge < -0.3 is 0 Å². The number of fused-ring (bicyclic) bond motifs is 2. The molecule has 0 unspecified atom stereocenters. The fraction of sp³-hybridized carbons (Fsp3) is 0. The average molecular weight is 398 g/mol. The lowest BCUT2D eigenvalue weighted by atomic mass is 9.85. The van der Waals surface area contributed by atoms with Gasteiger partial charge in [0.05, 0.1) is 12.1 Å². The third kappa shape index (κ3) is 2.92. The molecule has 5 aromatic rings. The van der Waals surface area contributed by atoms with Crippen LogP contribution in [-0.2, 0) is 0 Å². The number of benzene rings is 5. The molecule has 5 rings (SSSR count). The van der Waals surface area contributed by atoms with Gasteiger partial charge in [0.2, 0.25) is 5.69 Å².